The molecule has 0 aliphatic carbocycles. The maximum Gasteiger partial charge on any atom is 0.143 e. The summed E-state index contributed by atoms with van der Waals surface area (Å²) in [6.45, 7) is 3.01. The van der Waals surface area contributed by atoms with Gasteiger partial charge in [0.15, 0.2) is 0 Å². The number of halogens is 2. The highest BCUT2D eigenvalue weighted by atomic mass is 35.5. The Hall–Kier alpha value is -2.95. The van der Waals surface area contributed by atoms with Gasteiger partial charge in [0.2, 0.25) is 0 Å². The number of nitrogens with one attached hydrogen (secondary N) is 1. The molecule has 39 heavy (non-hydrogen) atoms. The molecule has 0 unspecified atom stereocenters. The Balaban J connectivity index is 1.18. The highest BCUT2D eigenvalue weighted by Gasteiger charge is 2.19. The normalized spacial score (nSPS) is 14.7. The lowest BCUT2D eigenvalue weighted by Crippen LogP contribution is -2.41. The van der Waals surface area contributed by atoms with Gasteiger partial charge in [0.1, 0.15) is 46.7 Å². The van der Waals surface area contributed by atoms with Crippen molar-refractivity contribution in [2.75, 3.05) is 36.5 Å². The number of hydrogen-bond acceptors (Lipinski definition) is 7. The zero-order valence-electron chi connectivity index (χ0n) is 21.0. The van der Waals surface area contributed by atoms with Crippen molar-refractivity contribution in [3.05, 3.63) is 89.0 Å². The summed E-state index contributed by atoms with van der Waals surface area (Å²) in [6, 6.07) is 18.3. The van der Waals surface area contributed by atoms with Gasteiger partial charge in [-0.2, -0.15) is 0 Å². The zero-order chi connectivity index (χ0) is 26.8. The number of thiophene rings is 1. The van der Waals surface area contributed by atoms with Crippen molar-refractivity contribution in [3.63, 3.8) is 0 Å². The smallest absolute Gasteiger partial charge is 0.143 e. The van der Waals surface area contributed by atoms with E-state index in [1.165, 1.54) is 22.4 Å². The van der Waals surface area contributed by atoms with E-state index < -0.39 is 11.2 Å². The number of fused-ring (bicyclic) bond motifs is 3. The molecule has 1 saturated heterocycles. The molecule has 2 aromatic heterocycles. The molecule has 1 aliphatic rings. The third-order valence-corrected chi connectivity index (χ3v) is 9.43. The van der Waals surface area contributed by atoms with Crippen LogP contribution in [0.3, 0.4) is 0 Å². The number of rotatable bonds is 8. The minimum Gasteiger partial charge on any atom is -0.616 e. The van der Waals surface area contributed by atoms with Crippen molar-refractivity contribution in [2.24, 2.45) is 0 Å². The third-order valence-electron chi connectivity index (χ3n) is 6.80. The molecular formula is C29H26ClFN4O2S2. The number of hydrogen-bond donors (Lipinski definition) is 1. The monoisotopic (exact) mass is 580 g/mol. The molecule has 10 heteroatoms. The fourth-order valence-corrected chi connectivity index (χ4v) is 7.18. The van der Waals surface area contributed by atoms with Gasteiger partial charge in [-0.05, 0) is 53.9 Å². The summed E-state index contributed by atoms with van der Waals surface area (Å²) in [5, 5.41) is 5.93. The number of nitrogens with zero attached hydrogens (tertiary/aromatic N) is 3. The van der Waals surface area contributed by atoms with Crippen molar-refractivity contribution in [1.82, 2.24) is 14.9 Å². The molecule has 0 spiro atoms. The first-order chi connectivity index (χ1) is 19.0. The van der Waals surface area contributed by atoms with Gasteiger partial charge < -0.3 is 14.6 Å². The minimum atomic E-state index is -0.649. The van der Waals surface area contributed by atoms with Crippen LogP contribution < -0.4 is 10.1 Å². The molecule has 0 atom stereocenters. The first-order valence-corrected chi connectivity index (χ1v) is 15.4. The van der Waals surface area contributed by atoms with Crippen LogP contribution in [0.2, 0.25) is 5.02 Å². The molecule has 1 fully saturated rings. The van der Waals surface area contributed by atoms with Crippen LogP contribution in [-0.2, 0) is 24.2 Å². The lowest BCUT2D eigenvalue weighted by Gasteiger charge is -2.27. The van der Waals surface area contributed by atoms with E-state index in [9.17, 15) is 8.94 Å². The van der Waals surface area contributed by atoms with Crippen LogP contribution in [0.4, 0.5) is 15.9 Å². The number of benzene rings is 3. The Labute approximate surface area is 238 Å². The maximum atomic E-state index is 13.4. The largest absolute Gasteiger partial charge is 0.616 e. The second-order valence-electron chi connectivity index (χ2n) is 9.46. The Morgan fingerprint density at radius 2 is 1.92 bits per heavy atom. The molecule has 6 rings (SSSR count). The fourth-order valence-electron chi connectivity index (χ4n) is 4.71. The van der Waals surface area contributed by atoms with Crippen LogP contribution in [0.25, 0.3) is 20.3 Å². The second-order valence-corrected chi connectivity index (χ2v) is 12.6. The van der Waals surface area contributed by atoms with E-state index >= 15 is 0 Å². The van der Waals surface area contributed by atoms with Gasteiger partial charge in [-0.25, -0.2) is 14.4 Å². The van der Waals surface area contributed by atoms with Crippen molar-refractivity contribution in [2.45, 2.75) is 13.0 Å². The molecule has 1 N–H and O–H groups in total. The first kappa shape index (κ1) is 26.3. The van der Waals surface area contributed by atoms with Gasteiger partial charge >= 0.3 is 0 Å². The van der Waals surface area contributed by atoms with Crippen LogP contribution in [0.15, 0.2) is 67.0 Å². The highest BCUT2D eigenvalue weighted by Crippen LogP contribution is 2.38. The molecule has 3 heterocycles. The van der Waals surface area contributed by atoms with Gasteiger partial charge in [0.05, 0.1) is 10.4 Å². The van der Waals surface area contributed by atoms with Crippen molar-refractivity contribution >= 4 is 65.9 Å². The standard InChI is InChI=1S/C29H26ClFN4O2S2/c30-24-16-22(5-7-25(24)37-17-20-2-1-3-21(31)14-20)34-28-27-23-6-4-19(8-9-35-10-12-39(36)13-11-35)15-26(23)38-29(27)33-18-32-28/h1-7,14-16,18H,8-13,17H2,(H,32,33,34). The Morgan fingerprint density at radius 1 is 1.05 bits per heavy atom. The second kappa shape index (κ2) is 11.7. The van der Waals surface area contributed by atoms with Crippen molar-refractivity contribution in [1.29, 1.82) is 0 Å². The molecule has 0 bridgehead atoms. The quantitative estimate of drug-likeness (QED) is 0.209. The lowest BCUT2D eigenvalue weighted by atomic mass is 10.1. The van der Waals surface area contributed by atoms with Gasteiger partial charge in [-0.1, -0.05) is 47.0 Å². The average molecular weight is 581 g/mol. The maximum absolute atomic E-state index is 13.4. The number of aromatic nitrogens is 2. The zero-order valence-corrected chi connectivity index (χ0v) is 23.4. The molecule has 0 saturated carbocycles. The van der Waals surface area contributed by atoms with E-state index in [-0.39, 0.29) is 12.4 Å². The molecule has 0 radical (unpaired) electrons. The van der Waals surface area contributed by atoms with E-state index in [2.05, 4.69) is 38.4 Å². The molecule has 1 aliphatic heterocycles. The summed E-state index contributed by atoms with van der Waals surface area (Å²) >= 11 is 7.51. The van der Waals surface area contributed by atoms with Crippen molar-refractivity contribution in [3.8, 4) is 5.75 Å². The molecule has 200 valence electrons. The summed E-state index contributed by atoms with van der Waals surface area (Å²) in [4.78, 5) is 12.4. The van der Waals surface area contributed by atoms with E-state index in [1.54, 1.807) is 41.9 Å². The van der Waals surface area contributed by atoms with Gasteiger partial charge in [-0.3, -0.25) is 4.90 Å². The lowest BCUT2D eigenvalue weighted by molar-refractivity contribution is 0.299. The summed E-state index contributed by atoms with van der Waals surface area (Å²) < 4.78 is 32.0. The minimum absolute atomic E-state index is 0.221. The predicted octanol–water partition coefficient (Wildman–Crippen LogP) is 6.57. The van der Waals surface area contributed by atoms with E-state index in [0.717, 1.165) is 64.4 Å². The van der Waals surface area contributed by atoms with Crippen molar-refractivity contribution < 1.29 is 13.7 Å². The SMILES string of the molecule is [O-][S+]1CCN(CCc2ccc3c(c2)sc2ncnc(Nc4ccc(OCc5cccc(F)c5)c(Cl)c4)c23)CC1. The Morgan fingerprint density at radius 3 is 2.74 bits per heavy atom. The van der Waals surface area contributed by atoms with Gasteiger partial charge in [0, 0.05) is 35.4 Å². The van der Waals surface area contributed by atoms with Crippen LogP contribution in [-0.4, -0.2) is 50.6 Å². The summed E-state index contributed by atoms with van der Waals surface area (Å²) in [5.74, 6) is 2.49. The molecule has 3 aromatic carbocycles. The topological polar surface area (TPSA) is 73.3 Å². The molecule has 6 nitrogen and oxygen atoms in total. The fraction of sp³-hybridized carbons (Fsp3) is 0.241. The number of anilines is 2. The molecule has 0 amide bonds. The number of ether oxygens (including phenoxy) is 1. The predicted molar refractivity (Wildman–Crippen MR) is 158 cm³/mol. The van der Waals surface area contributed by atoms with Crippen LogP contribution >= 0.6 is 22.9 Å². The van der Waals surface area contributed by atoms with Gasteiger partial charge in [-0.15, -0.1) is 11.3 Å². The Bertz CT molecular complexity index is 1620. The van der Waals surface area contributed by atoms with Crippen LogP contribution in [0.5, 0.6) is 5.75 Å². The van der Waals surface area contributed by atoms with E-state index in [4.69, 9.17) is 16.3 Å². The molecular weight excluding hydrogens is 555 g/mol. The molecule has 5 aromatic rings. The average Bonchev–Trinajstić information content (AvgIpc) is 3.31. The highest BCUT2D eigenvalue weighted by molar-refractivity contribution is 7.91. The van der Waals surface area contributed by atoms with Crippen LogP contribution in [0.1, 0.15) is 11.1 Å². The van der Waals surface area contributed by atoms with E-state index in [0.29, 0.717) is 16.6 Å². The van der Waals surface area contributed by atoms with Crippen LogP contribution in [0, 0.1) is 5.82 Å². The van der Waals surface area contributed by atoms with E-state index in [1.807, 2.05) is 6.07 Å². The third kappa shape index (κ3) is 6.13. The first-order valence-electron chi connectivity index (χ1n) is 12.7. The summed E-state index contributed by atoms with van der Waals surface area (Å²) in [7, 11) is 0. The summed E-state index contributed by atoms with van der Waals surface area (Å²) in [5.41, 5.74) is 2.79. The summed E-state index contributed by atoms with van der Waals surface area (Å²) in [6.07, 6.45) is 2.53. The Kier molecular flexibility index (Phi) is 7.85. The van der Waals surface area contributed by atoms with Gasteiger partial charge in [0.25, 0.3) is 0 Å².